The molecule has 0 aliphatic carbocycles. The number of halogens is 1. The number of carbonyl (C=O) groups excluding carboxylic acids is 2. The van der Waals surface area contributed by atoms with Gasteiger partial charge in [-0.15, -0.1) is 0 Å². The lowest BCUT2D eigenvalue weighted by Gasteiger charge is -2.21. The first-order chi connectivity index (χ1) is 13.1. The van der Waals surface area contributed by atoms with E-state index in [1.54, 1.807) is 11.0 Å². The Morgan fingerprint density at radius 1 is 1.04 bits per heavy atom. The van der Waals surface area contributed by atoms with Crippen molar-refractivity contribution in [3.8, 4) is 0 Å². The van der Waals surface area contributed by atoms with Crippen LogP contribution in [0, 0.1) is 5.95 Å². The Kier molecular flexibility index (Phi) is 6.49. The standard InChI is InChI=1S/C20H23FN4O2/c21-19-17(8-4-9-22-19)20(27)25-11-5-10-24(12-13-25)15-18(26)23-14-16-6-2-1-3-7-16/h1-4,6-9H,5,10-15H2,(H,23,26). The zero-order valence-corrected chi connectivity index (χ0v) is 15.1. The molecule has 1 aromatic carbocycles. The van der Waals surface area contributed by atoms with Gasteiger partial charge in [0.1, 0.15) is 0 Å². The van der Waals surface area contributed by atoms with Gasteiger partial charge in [0.25, 0.3) is 5.91 Å². The number of rotatable bonds is 5. The number of hydrogen-bond donors (Lipinski definition) is 1. The monoisotopic (exact) mass is 370 g/mol. The number of hydrogen-bond acceptors (Lipinski definition) is 4. The van der Waals surface area contributed by atoms with E-state index in [1.807, 2.05) is 35.2 Å². The zero-order valence-electron chi connectivity index (χ0n) is 15.1. The first-order valence-corrected chi connectivity index (χ1v) is 9.06. The first-order valence-electron chi connectivity index (χ1n) is 9.06. The Bertz CT molecular complexity index is 785. The molecule has 1 aliphatic rings. The smallest absolute Gasteiger partial charge is 0.258 e. The van der Waals surface area contributed by atoms with Gasteiger partial charge in [0.05, 0.1) is 12.1 Å². The van der Waals surface area contributed by atoms with Crippen LogP contribution in [-0.4, -0.2) is 59.3 Å². The average Bonchev–Trinajstić information content (AvgIpc) is 2.93. The van der Waals surface area contributed by atoms with Crippen LogP contribution in [0.25, 0.3) is 0 Å². The summed E-state index contributed by atoms with van der Waals surface area (Å²) in [5.74, 6) is -1.14. The fraction of sp³-hybridized carbons (Fsp3) is 0.350. The Morgan fingerprint density at radius 3 is 2.63 bits per heavy atom. The van der Waals surface area contributed by atoms with Crippen molar-refractivity contribution in [3.63, 3.8) is 0 Å². The lowest BCUT2D eigenvalue weighted by Crippen LogP contribution is -2.40. The third-order valence-corrected chi connectivity index (χ3v) is 4.56. The summed E-state index contributed by atoms with van der Waals surface area (Å²) in [5.41, 5.74) is 1.04. The van der Waals surface area contributed by atoms with Gasteiger partial charge in [0.15, 0.2) is 0 Å². The van der Waals surface area contributed by atoms with Crippen LogP contribution in [0.3, 0.4) is 0 Å². The molecule has 0 radical (unpaired) electrons. The molecule has 3 rings (SSSR count). The molecule has 142 valence electrons. The summed E-state index contributed by atoms with van der Waals surface area (Å²) in [7, 11) is 0. The van der Waals surface area contributed by atoms with Crippen molar-refractivity contribution < 1.29 is 14.0 Å². The minimum atomic E-state index is -0.746. The molecular formula is C20H23FN4O2. The largest absolute Gasteiger partial charge is 0.351 e. The van der Waals surface area contributed by atoms with E-state index < -0.39 is 5.95 Å². The molecule has 0 bridgehead atoms. The molecule has 0 atom stereocenters. The highest BCUT2D eigenvalue weighted by molar-refractivity contribution is 5.94. The quantitative estimate of drug-likeness (QED) is 0.814. The molecule has 2 heterocycles. The molecule has 1 fully saturated rings. The van der Waals surface area contributed by atoms with Gasteiger partial charge in [-0.2, -0.15) is 4.39 Å². The molecule has 0 saturated carbocycles. The highest BCUT2D eigenvalue weighted by Crippen LogP contribution is 2.11. The van der Waals surface area contributed by atoms with Crippen molar-refractivity contribution in [1.29, 1.82) is 0 Å². The van der Waals surface area contributed by atoms with E-state index in [1.165, 1.54) is 12.3 Å². The molecule has 27 heavy (non-hydrogen) atoms. The van der Waals surface area contributed by atoms with E-state index in [-0.39, 0.29) is 23.9 Å². The summed E-state index contributed by atoms with van der Waals surface area (Å²) >= 11 is 0. The van der Waals surface area contributed by atoms with Crippen LogP contribution in [0.5, 0.6) is 0 Å². The Labute approximate surface area is 158 Å². The summed E-state index contributed by atoms with van der Waals surface area (Å²) in [6.07, 6.45) is 2.06. The number of nitrogens with zero attached hydrogens (tertiary/aromatic N) is 3. The highest BCUT2D eigenvalue weighted by atomic mass is 19.1. The van der Waals surface area contributed by atoms with Crippen LogP contribution < -0.4 is 5.32 Å². The normalized spacial score (nSPS) is 15.2. The lowest BCUT2D eigenvalue weighted by molar-refractivity contribution is -0.122. The molecule has 7 heteroatoms. The molecule has 6 nitrogen and oxygen atoms in total. The van der Waals surface area contributed by atoms with Crippen LogP contribution in [0.15, 0.2) is 48.7 Å². The predicted molar refractivity (Wildman–Crippen MR) is 99.4 cm³/mol. The van der Waals surface area contributed by atoms with E-state index in [9.17, 15) is 14.0 Å². The van der Waals surface area contributed by atoms with Crippen molar-refractivity contribution in [1.82, 2.24) is 20.1 Å². The van der Waals surface area contributed by atoms with Gasteiger partial charge in [-0.1, -0.05) is 30.3 Å². The first kappa shape index (κ1) is 19.0. The van der Waals surface area contributed by atoms with Gasteiger partial charge in [0.2, 0.25) is 11.9 Å². The zero-order chi connectivity index (χ0) is 19.1. The van der Waals surface area contributed by atoms with Gasteiger partial charge in [-0.05, 0) is 24.1 Å². The van der Waals surface area contributed by atoms with Crippen LogP contribution in [-0.2, 0) is 11.3 Å². The maximum atomic E-state index is 13.7. The van der Waals surface area contributed by atoms with Crippen LogP contribution >= 0.6 is 0 Å². The van der Waals surface area contributed by atoms with E-state index in [4.69, 9.17) is 0 Å². The number of benzene rings is 1. The third kappa shape index (κ3) is 5.34. The number of aromatic nitrogens is 1. The minimum absolute atomic E-state index is 0.00782. The van der Waals surface area contributed by atoms with Crippen molar-refractivity contribution in [3.05, 3.63) is 65.7 Å². The number of pyridine rings is 1. The molecule has 1 aliphatic heterocycles. The van der Waals surface area contributed by atoms with Gasteiger partial charge in [-0.3, -0.25) is 14.5 Å². The second-order valence-corrected chi connectivity index (χ2v) is 6.53. The van der Waals surface area contributed by atoms with E-state index in [0.717, 1.165) is 18.5 Å². The SMILES string of the molecule is O=C(CN1CCCN(C(=O)c2cccnc2F)CC1)NCc1ccccc1. The van der Waals surface area contributed by atoms with Crippen LogP contribution in [0.2, 0.25) is 0 Å². The number of amides is 2. The molecule has 2 aromatic rings. The topological polar surface area (TPSA) is 65.5 Å². The highest BCUT2D eigenvalue weighted by Gasteiger charge is 2.23. The second-order valence-electron chi connectivity index (χ2n) is 6.53. The second kappa shape index (κ2) is 9.23. The Hall–Kier alpha value is -2.80. The average molecular weight is 370 g/mol. The maximum Gasteiger partial charge on any atom is 0.258 e. The summed E-state index contributed by atoms with van der Waals surface area (Å²) in [6.45, 7) is 3.08. The van der Waals surface area contributed by atoms with Crippen LogP contribution in [0.1, 0.15) is 22.3 Å². The van der Waals surface area contributed by atoms with E-state index in [0.29, 0.717) is 26.2 Å². The number of nitrogens with one attached hydrogen (secondary N) is 1. The predicted octanol–water partition coefficient (Wildman–Crippen LogP) is 1.68. The minimum Gasteiger partial charge on any atom is -0.351 e. The summed E-state index contributed by atoms with van der Waals surface area (Å²) in [4.78, 5) is 31.9. The summed E-state index contributed by atoms with van der Waals surface area (Å²) in [5, 5.41) is 2.91. The van der Waals surface area contributed by atoms with E-state index >= 15 is 0 Å². The molecule has 1 aromatic heterocycles. The fourth-order valence-electron chi connectivity index (χ4n) is 3.10. The fourth-order valence-corrected chi connectivity index (χ4v) is 3.10. The van der Waals surface area contributed by atoms with Crippen molar-refractivity contribution in [2.75, 3.05) is 32.7 Å². The van der Waals surface area contributed by atoms with Gasteiger partial charge < -0.3 is 10.2 Å². The van der Waals surface area contributed by atoms with Crippen molar-refractivity contribution in [2.24, 2.45) is 0 Å². The van der Waals surface area contributed by atoms with Crippen molar-refractivity contribution >= 4 is 11.8 Å². The number of carbonyl (C=O) groups is 2. The Balaban J connectivity index is 1.49. The summed E-state index contributed by atoms with van der Waals surface area (Å²) in [6, 6.07) is 12.7. The molecule has 1 saturated heterocycles. The molecule has 2 amide bonds. The van der Waals surface area contributed by atoms with Gasteiger partial charge in [-0.25, -0.2) is 4.98 Å². The van der Waals surface area contributed by atoms with Crippen LogP contribution in [0.4, 0.5) is 4.39 Å². The lowest BCUT2D eigenvalue weighted by atomic mass is 10.2. The molecule has 0 spiro atoms. The maximum absolute atomic E-state index is 13.7. The summed E-state index contributed by atoms with van der Waals surface area (Å²) < 4.78 is 13.7. The third-order valence-electron chi connectivity index (χ3n) is 4.56. The molecule has 1 N–H and O–H groups in total. The van der Waals surface area contributed by atoms with E-state index in [2.05, 4.69) is 10.3 Å². The van der Waals surface area contributed by atoms with Crippen molar-refractivity contribution in [2.45, 2.75) is 13.0 Å². The Morgan fingerprint density at radius 2 is 1.85 bits per heavy atom. The molecule has 0 unspecified atom stereocenters. The molecular weight excluding hydrogens is 347 g/mol. The van der Waals surface area contributed by atoms with Gasteiger partial charge >= 0.3 is 0 Å². The van der Waals surface area contributed by atoms with Gasteiger partial charge in [0, 0.05) is 38.9 Å².